The summed E-state index contributed by atoms with van der Waals surface area (Å²) in [5.74, 6) is -1.69. The Bertz CT molecular complexity index is 3590. The van der Waals surface area contributed by atoms with Crippen LogP contribution < -0.4 is 0 Å². The van der Waals surface area contributed by atoms with Crippen LogP contribution in [0.4, 0.5) is 0 Å². The first-order valence-corrected chi connectivity index (χ1v) is 36.1. The third-order valence-corrected chi connectivity index (χ3v) is 22.9. The lowest BCUT2D eigenvalue weighted by atomic mass is 9.67. The van der Waals surface area contributed by atoms with Gasteiger partial charge < -0.3 is 14.0 Å². The van der Waals surface area contributed by atoms with E-state index < -0.39 is 41.9 Å². The molecule has 0 amide bonds. The average molecular weight is 1440 g/mol. The fraction of sp³-hybridized carbons (Fsp3) is 0.333. The van der Waals surface area contributed by atoms with Crippen molar-refractivity contribution in [3.63, 3.8) is 0 Å². The molecule has 9 aromatic rings. The predicted molar refractivity (Wildman–Crippen MR) is 404 cm³/mol. The number of aryl methyl sites for hydroxylation is 9. The van der Waals surface area contributed by atoms with E-state index in [1.54, 1.807) is 0 Å². The van der Waals surface area contributed by atoms with Crippen molar-refractivity contribution in [2.24, 2.45) is 0 Å². The third-order valence-electron chi connectivity index (χ3n) is 19.3. The SMILES string of the molecule is CCCCC(c1ccc(C)c(Cl)c1)C(OB(OC(c1ccc(C)c(Cl)c1)(c1ccc(C)c(Cl)c1)C(CCCC)c1ccc(C)c(Cl)c1)OC(c1ccc(C)c(Cl)c1)(c1ccc(C)c(Cl)c1)C(CCCC)c1ccc(C)c(Cl)c1)(c1ccc(C)c(Cl)c1)c1ccc(C)c(Cl)c1. The Hall–Kier alpha value is -4.47. The summed E-state index contributed by atoms with van der Waals surface area (Å²) < 4.78 is 26.6. The van der Waals surface area contributed by atoms with Crippen LogP contribution in [0, 0.1) is 62.3 Å². The number of hydrogen-bond acceptors (Lipinski definition) is 3. The van der Waals surface area contributed by atoms with Crippen LogP contribution in [0.15, 0.2) is 164 Å². The zero-order chi connectivity index (χ0) is 68.0. The van der Waals surface area contributed by atoms with E-state index in [1.807, 2.05) is 135 Å². The van der Waals surface area contributed by atoms with Crippen LogP contribution in [-0.4, -0.2) is 7.32 Å². The number of unbranched alkanes of at least 4 members (excludes halogenated alkanes) is 3. The van der Waals surface area contributed by atoms with Crippen LogP contribution in [0.5, 0.6) is 0 Å². The molecule has 0 saturated heterocycles. The highest BCUT2D eigenvalue weighted by atomic mass is 35.5. The lowest BCUT2D eigenvalue weighted by molar-refractivity contribution is -0.0891. The quantitative estimate of drug-likeness (QED) is 0.0480. The largest absolute Gasteiger partial charge is 0.642 e. The Labute approximate surface area is 605 Å². The van der Waals surface area contributed by atoms with Crippen LogP contribution in [-0.2, 0) is 30.8 Å². The first kappa shape index (κ1) is 73.8. The lowest BCUT2D eigenvalue weighted by Crippen LogP contribution is -2.54. The predicted octanol–water partition coefficient (Wildman–Crippen LogP) is 27.4. The standard InChI is InChI=1S/C81H84BCl9O3/c1-13-16-19-67(58-31-22-49(4)70(83)40-58)79(61-34-25-52(7)73(86)43-61,62-35-26-53(8)74(87)44-62)92-82(93-80(63-36-27-54(9)75(88)45-63,64-37-28-55(10)76(89)46-64)68(20-17-14-2)59-32-23-50(5)71(84)41-59)94-81(65-38-29-56(11)77(90)47-65,66-39-30-57(12)78(91)48-66)69(21-18-15-3)60-33-24-51(6)72(85)42-60/h22-48,67-69H,13-21H2,1-12H3. The monoisotopic (exact) mass is 1430 g/mol. The second-order valence-electron chi connectivity index (χ2n) is 25.7. The molecule has 3 nitrogen and oxygen atoms in total. The van der Waals surface area contributed by atoms with Gasteiger partial charge in [0.2, 0.25) is 0 Å². The van der Waals surface area contributed by atoms with E-state index >= 15 is 0 Å². The van der Waals surface area contributed by atoms with Gasteiger partial charge in [0.15, 0.2) is 0 Å². The second-order valence-corrected chi connectivity index (χ2v) is 29.4. The number of rotatable bonds is 27. The molecule has 0 radical (unpaired) electrons. The summed E-state index contributed by atoms with van der Waals surface area (Å²) >= 11 is 67.6. The molecule has 0 heterocycles. The fourth-order valence-corrected chi connectivity index (χ4v) is 15.0. The van der Waals surface area contributed by atoms with Gasteiger partial charge in [-0.3, -0.25) is 0 Å². The second kappa shape index (κ2) is 32.0. The smallest absolute Gasteiger partial charge is 0.371 e. The minimum Gasteiger partial charge on any atom is -0.371 e. The Balaban J connectivity index is 1.58. The van der Waals surface area contributed by atoms with Gasteiger partial charge in [0.05, 0.1) is 0 Å². The van der Waals surface area contributed by atoms with Crippen molar-refractivity contribution in [1.29, 1.82) is 0 Å². The summed E-state index contributed by atoms with van der Waals surface area (Å²) in [7, 11) is -1.78. The molecule has 3 unspecified atom stereocenters. The zero-order valence-corrected chi connectivity index (χ0v) is 62.7. The molecule has 9 aromatic carbocycles. The van der Waals surface area contributed by atoms with Gasteiger partial charge >= 0.3 is 7.32 Å². The molecule has 0 aliphatic rings. The highest BCUT2D eigenvalue weighted by Crippen LogP contribution is 2.58. The first-order valence-electron chi connectivity index (χ1n) is 32.7. The molecule has 0 aromatic heterocycles. The maximum absolute atomic E-state index is 8.87. The van der Waals surface area contributed by atoms with Gasteiger partial charge in [0, 0.05) is 63.0 Å². The lowest BCUT2D eigenvalue weighted by Gasteiger charge is -2.50. The Morgan fingerprint density at radius 3 is 0.596 bits per heavy atom. The van der Waals surface area contributed by atoms with Gasteiger partial charge in [-0.1, -0.05) is 273 Å². The van der Waals surface area contributed by atoms with E-state index in [0.29, 0.717) is 97.8 Å². The summed E-state index contributed by atoms with van der Waals surface area (Å²) in [4.78, 5) is 0. The maximum atomic E-state index is 8.87. The number of halogens is 9. The molecule has 0 spiro atoms. The molecular formula is C81H84BCl9O3. The van der Waals surface area contributed by atoms with Crippen molar-refractivity contribution in [3.8, 4) is 0 Å². The van der Waals surface area contributed by atoms with Crippen LogP contribution in [0.3, 0.4) is 0 Å². The molecule has 0 aliphatic heterocycles. The van der Waals surface area contributed by atoms with Crippen molar-refractivity contribution in [1.82, 2.24) is 0 Å². The summed E-state index contributed by atoms with van der Waals surface area (Å²) in [6.45, 7) is 24.7. The molecule has 0 bridgehead atoms. The topological polar surface area (TPSA) is 27.7 Å². The van der Waals surface area contributed by atoms with Gasteiger partial charge in [0.25, 0.3) is 0 Å². The minimum absolute atomic E-state index is 0.529. The van der Waals surface area contributed by atoms with Gasteiger partial charge in [-0.05, 0) is 236 Å². The average Bonchev–Trinajstić information content (AvgIpc) is 0.726. The van der Waals surface area contributed by atoms with Crippen molar-refractivity contribution in [2.75, 3.05) is 0 Å². The Morgan fingerprint density at radius 1 is 0.266 bits per heavy atom. The molecule has 0 N–H and O–H groups in total. The summed E-state index contributed by atoms with van der Waals surface area (Å²) in [5.41, 5.74) is 10.1. The Morgan fingerprint density at radius 2 is 0.436 bits per heavy atom. The van der Waals surface area contributed by atoms with E-state index in [0.717, 1.165) is 105 Å². The zero-order valence-electron chi connectivity index (χ0n) is 55.9. The summed E-state index contributed by atoms with van der Waals surface area (Å²) in [6, 6.07) is 56.0. The summed E-state index contributed by atoms with van der Waals surface area (Å²) in [5, 5.41) is 4.98. The maximum Gasteiger partial charge on any atom is 0.642 e. The molecule has 492 valence electrons. The van der Waals surface area contributed by atoms with Gasteiger partial charge in [0.1, 0.15) is 16.8 Å². The molecule has 9 rings (SSSR count). The first-order chi connectivity index (χ1) is 44.8. The highest BCUT2D eigenvalue weighted by Gasteiger charge is 2.58. The van der Waals surface area contributed by atoms with Crippen molar-refractivity contribution < 1.29 is 14.0 Å². The van der Waals surface area contributed by atoms with Crippen molar-refractivity contribution in [3.05, 3.63) is 309 Å². The van der Waals surface area contributed by atoms with Crippen LogP contribution in [0.2, 0.25) is 45.2 Å². The third kappa shape index (κ3) is 15.5. The van der Waals surface area contributed by atoms with E-state index in [4.69, 9.17) is 118 Å². The molecule has 0 saturated carbocycles. The molecule has 94 heavy (non-hydrogen) atoms. The van der Waals surface area contributed by atoms with Crippen molar-refractivity contribution >= 4 is 112 Å². The molecule has 0 fully saturated rings. The molecule has 13 heteroatoms. The highest BCUT2D eigenvalue weighted by molar-refractivity contribution is 6.38. The van der Waals surface area contributed by atoms with Crippen LogP contribution in [0.25, 0.3) is 0 Å². The van der Waals surface area contributed by atoms with Crippen molar-refractivity contribution in [2.45, 2.75) is 175 Å². The van der Waals surface area contributed by atoms with Crippen LogP contribution in [0.1, 0.15) is 196 Å². The Kier molecular flexibility index (Phi) is 25.1. The molecule has 0 aliphatic carbocycles. The number of hydrogen-bond donors (Lipinski definition) is 0. The van der Waals surface area contributed by atoms with E-state index in [-0.39, 0.29) is 0 Å². The van der Waals surface area contributed by atoms with Gasteiger partial charge in [-0.25, -0.2) is 0 Å². The van der Waals surface area contributed by atoms with Gasteiger partial charge in [-0.15, -0.1) is 0 Å². The van der Waals surface area contributed by atoms with E-state index in [1.165, 1.54) is 0 Å². The van der Waals surface area contributed by atoms with E-state index in [9.17, 15) is 0 Å². The van der Waals surface area contributed by atoms with E-state index in [2.05, 4.69) is 112 Å². The molecular weight excluding hydrogens is 1350 g/mol. The number of benzene rings is 9. The molecule has 3 atom stereocenters. The minimum atomic E-state index is -1.78. The van der Waals surface area contributed by atoms with Gasteiger partial charge in [-0.2, -0.15) is 0 Å². The summed E-state index contributed by atoms with van der Waals surface area (Å²) in [6.07, 6.45) is 6.61. The normalized spacial score (nSPS) is 13.1. The van der Waals surface area contributed by atoms with Crippen LogP contribution >= 0.6 is 104 Å². The fourth-order valence-electron chi connectivity index (χ4n) is 13.3.